The van der Waals surface area contributed by atoms with Crippen molar-refractivity contribution in [2.45, 2.75) is 77.5 Å². The molecule has 0 spiro atoms. The second-order valence-corrected chi connectivity index (χ2v) is 14.5. The molecule has 3 fully saturated rings. The lowest BCUT2D eigenvalue weighted by Gasteiger charge is -2.36. The van der Waals surface area contributed by atoms with Gasteiger partial charge in [0.2, 0.25) is 0 Å². The van der Waals surface area contributed by atoms with E-state index in [9.17, 15) is 4.79 Å². The monoisotopic (exact) mass is 594 g/mol. The summed E-state index contributed by atoms with van der Waals surface area (Å²) < 4.78 is 12.7. The number of piperidine rings is 1. The van der Waals surface area contributed by atoms with Crippen LogP contribution in [0.5, 0.6) is 5.75 Å². The number of rotatable bonds is 3. The summed E-state index contributed by atoms with van der Waals surface area (Å²) in [5.74, 6) is 4.62. The third-order valence-corrected chi connectivity index (χ3v) is 9.99. The summed E-state index contributed by atoms with van der Waals surface area (Å²) in [6.45, 7) is 16.2. The number of amides is 1. The molecule has 3 saturated heterocycles. The molecule has 0 radical (unpaired) electrons. The average Bonchev–Trinajstić information content (AvgIpc) is 3.34. The highest BCUT2D eigenvalue weighted by Crippen LogP contribution is 2.48. The number of carbonyl (C=O) groups is 1. The van der Waals surface area contributed by atoms with Gasteiger partial charge < -0.3 is 19.3 Å². The number of likely N-dealkylation sites (tertiary alicyclic amines) is 2. The van der Waals surface area contributed by atoms with Crippen LogP contribution in [-0.2, 0) is 4.74 Å². The lowest BCUT2D eigenvalue weighted by atomic mass is 9.87. The molecule has 4 aliphatic heterocycles. The zero-order chi connectivity index (χ0) is 29.6. The number of hydrogen-bond acceptors (Lipinski definition) is 9. The van der Waals surface area contributed by atoms with E-state index >= 15 is 0 Å². The van der Waals surface area contributed by atoms with Crippen LogP contribution < -0.4 is 14.5 Å². The second kappa shape index (κ2) is 11.8. The van der Waals surface area contributed by atoms with E-state index in [1.165, 1.54) is 25.1 Å². The summed E-state index contributed by atoms with van der Waals surface area (Å²) in [5, 5.41) is 0. The number of aryl methyl sites for hydroxylation is 1. The third kappa shape index (κ3) is 5.95. The highest BCUT2D eigenvalue weighted by atomic mass is 32.2. The predicted octanol–water partition coefficient (Wildman–Crippen LogP) is 5.75. The van der Waals surface area contributed by atoms with Gasteiger partial charge in [0.25, 0.3) is 0 Å². The number of ether oxygens (including phenoxy) is 2. The molecule has 0 aliphatic carbocycles. The Morgan fingerprint density at radius 1 is 1.02 bits per heavy atom. The van der Waals surface area contributed by atoms with Crippen molar-refractivity contribution in [2.75, 3.05) is 67.6 Å². The van der Waals surface area contributed by atoms with E-state index < -0.39 is 11.7 Å². The molecule has 42 heavy (non-hydrogen) atoms. The minimum atomic E-state index is -0.663. The molecule has 2 aromatic rings. The van der Waals surface area contributed by atoms with Gasteiger partial charge in [-0.1, -0.05) is 6.07 Å². The van der Waals surface area contributed by atoms with Crippen molar-refractivity contribution < 1.29 is 14.3 Å². The molecule has 5 heterocycles. The minimum absolute atomic E-state index is 0.339. The number of carbonyl (C=O) groups excluding carboxylic acids is 1. The van der Waals surface area contributed by atoms with Gasteiger partial charge in [0.1, 0.15) is 29.6 Å². The highest BCUT2D eigenvalue weighted by Gasteiger charge is 2.39. The van der Waals surface area contributed by atoms with Crippen LogP contribution in [0.25, 0.3) is 0 Å². The first kappa shape index (κ1) is 29.5. The Morgan fingerprint density at radius 2 is 1.74 bits per heavy atom. The van der Waals surface area contributed by atoms with Crippen LogP contribution in [0.2, 0.25) is 0 Å². The van der Waals surface area contributed by atoms with Crippen molar-refractivity contribution in [3.8, 4) is 5.75 Å². The molecule has 6 rings (SSSR count). The van der Waals surface area contributed by atoms with Crippen molar-refractivity contribution in [3.63, 3.8) is 0 Å². The van der Waals surface area contributed by atoms with E-state index in [1.807, 2.05) is 39.5 Å². The number of aromatic nitrogens is 2. The van der Waals surface area contributed by atoms with Gasteiger partial charge in [-0.05, 0) is 104 Å². The predicted molar refractivity (Wildman–Crippen MR) is 170 cm³/mol. The summed E-state index contributed by atoms with van der Waals surface area (Å²) in [6, 6.07) is 5.11. The van der Waals surface area contributed by atoms with Crippen LogP contribution in [0, 0.1) is 6.92 Å². The summed E-state index contributed by atoms with van der Waals surface area (Å²) in [6.07, 6.45) is 4.28. The van der Waals surface area contributed by atoms with Crippen LogP contribution in [0.1, 0.15) is 75.7 Å². The van der Waals surface area contributed by atoms with E-state index in [4.69, 9.17) is 19.4 Å². The van der Waals surface area contributed by atoms with Gasteiger partial charge in [0.15, 0.2) is 5.82 Å². The molecular weight excluding hydrogens is 548 g/mol. The first-order chi connectivity index (χ1) is 20.1. The molecule has 9 nitrogen and oxygen atoms in total. The highest BCUT2D eigenvalue weighted by molar-refractivity contribution is 7.99. The molecule has 2 unspecified atom stereocenters. The fraction of sp³-hybridized carbons (Fsp3) is 0.656. The van der Waals surface area contributed by atoms with Gasteiger partial charge >= 0.3 is 6.09 Å². The molecular formula is C32H46N6O3S. The molecule has 0 bridgehead atoms. The Bertz CT molecular complexity index is 1300. The summed E-state index contributed by atoms with van der Waals surface area (Å²) >= 11 is 1.96. The molecule has 0 saturated carbocycles. The fourth-order valence-corrected chi connectivity index (χ4v) is 7.84. The maximum absolute atomic E-state index is 14.1. The molecule has 1 aromatic heterocycles. The standard InChI is InChI=1S/C32H46N6O3S/c1-21-17-24(23-7-11-36(12-8-23)25-9-10-35(6)19-25)18-26-28(21)40-22(2)27-29(37-13-15-42-16-14-37)33-20-34-30(27)38(26)31(39)41-32(3,4)5/h17-18,20,22-23,25H,7-16,19H2,1-6H3. The SMILES string of the molecule is Cc1cc(C2CCN(C3CCN(C)C3)CC2)cc2c1OC(C)c1c(N3CCSCC3)ncnc1N2C(=O)OC(C)(C)C. The van der Waals surface area contributed by atoms with Crippen molar-refractivity contribution in [3.05, 3.63) is 35.2 Å². The normalized spacial score (nSPS) is 24.1. The lowest BCUT2D eigenvalue weighted by Crippen LogP contribution is -2.42. The largest absolute Gasteiger partial charge is 0.483 e. The summed E-state index contributed by atoms with van der Waals surface area (Å²) in [4.78, 5) is 32.6. The maximum atomic E-state index is 14.1. The maximum Gasteiger partial charge on any atom is 0.420 e. The van der Waals surface area contributed by atoms with Crippen molar-refractivity contribution in [2.24, 2.45) is 0 Å². The van der Waals surface area contributed by atoms with E-state index in [0.29, 0.717) is 29.2 Å². The third-order valence-electron chi connectivity index (χ3n) is 9.04. The van der Waals surface area contributed by atoms with E-state index in [0.717, 1.165) is 67.5 Å². The van der Waals surface area contributed by atoms with Gasteiger partial charge in [-0.3, -0.25) is 4.90 Å². The molecule has 1 aromatic carbocycles. The zero-order valence-electron chi connectivity index (χ0n) is 26.1. The average molecular weight is 595 g/mol. The van der Waals surface area contributed by atoms with Crippen molar-refractivity contribution in [1.82, 2.24) is 19.8 Å². The zero-order valence-corrected chi connectivity index (χ0v) is 26.9. The van der Waals surface area contributed by atoms with E-state index in [-0.39, 0.29) is 6.10 Å². The van der Waals surface area contributed by atoms with Crippen LogP contribution in [-0.4, -0.2) is 95.3 Å². The van der Waals surface area contributed by atoms with E-state index in [1.54, 1.807) is 11.2 Å². The van der Waals surface area contributed by atoms with Crippen LogP contribution >= 0.6 is 11.8 Å². The van der Waals surface area contributed by atoms with Gasteiger partial charge in [-0.15, -0.1) is 0 Å². The number of hydrogen-bond donors (Lipinski definition) is 0. The van der Waals surface area contributed by atoms with Gasteiger partial charge in [-0.25, -0.2) is 19.7 Å². The number of nitrogens with zero attached hydrogens (tertiary/aromatic N) is 6. The van der Waals surface area contributed by atoms with Crippen LogP contribution in [0.3, 0.4) is 0 Å². The van der Waals surface area contributed by atoms with Crippen molar-refractivity contribution in [1.29, 1.82) is 0 Å². The van der Waals surface area contributed by atoms with Gasteiger partial charge in [-0.2, -0.15) is 11.8 Å². The number of fused-ring (bicyclic) bond motifs is 2. The second-order valence-electron chi connectivity index (χ2n) is 13.3. The van der Waals surface area contributed by atoms with Crippen LogP contribution in [0.15, 0.2) is 18.5 Å². The van der Waals surface area contributed by atoms with Crippen molar-refractivity contribution >= 4 is 35.2 Å². The minimum Gasteiger partial charge on any atom is -0.483 e. The quantitative estimate of drug-likeness (QED) is 0.442. The number of benzene rings is 1. The number of anilines is 3. The molecule has 2 atom stereocenters. The topological polar surface area (TPSA) is 74.3 Å². The lowest BCUT2D eigenvalue weighted by molar-refractivity contribution is 0.0598. The van der Waals surface area contributed by atoms with Crippen LogP contribution in [0.4, 0.5) is 22.1 Å². The smallest absolute Gasteiger partial charge is 0.420 e. The Balaban J connectivity index is 1.38. The number of likely N-dealkylation sites (N-methyl/N-ethyl adjacent to an activating group) is 1. The fourth-order valence-electron chi connectivity index (χ4n) is 6.93. The Kier molecular flexibility index (Phi) is 8.32. The molecule has 10 heteroatoms. The summed E-state index contributed by atoms with van der Waals surface area (Å²) in [7, 11) is 2.22. The molecule has 1 amide bonds. The molecule has 4 aliphatic rings. The first-order valence-electron chi connectivity index (χ1n) is 15.5. The Hall–Kier alpha value is -2.56. The number of thioether (sulfide) groups is 1. The summed E-state index contributed by atoms with van der Waals surface area (Å²) in [5.41, 5.74) is 3.17. The van der Waals surface area contributed by atoms with Gasteiger partial charge in [0, 0.05) is 37.2 Å². The first-order valence-corrected chi connectivity index (χ1v) is 16.7. The Morgan fingerprint density at radius 3 is 2.40 bits per heavy atom. The molecule has 228 valence electrons. The van der Waals surface area contributed by atoms with Gasteiger partial charge in [0.05, 0.1) is 11.3 Å². The Labute approximate surface area is 254 Å². The van der Waals surface area contributed by atoms with E-state index in [2.05, 4.69) is 40.8 Å². The molecule has 0 N–H and O–H groups in total.